The molecule has 1 aromatic carbocycles. The first-order valence-corrected chi connectivity index (χ1v) is 7.53. The number of aliphatic hydroxyl groups is 1. The van der Waals surface area contributed by atoms with Gasteiger partial charge in [-0.15, -0.1) is 0 Å². The molecule has 0 saturated heterocycles. The Bertz CT molecular complexity index is 341. The van der Waals surface area contributed by atoms with Crippen LogP contribution < -0.4 is 0 Å². The molecule has 1 aromatic rings. The minimum absolute atomic E-state index is 0.157. The molecule has 100 valence electrons. The van der Waals surface area contributed by atoms with Crippen LogP contribution in [0.25, 0.3) is 0 Å². The maximum atomic E-state index is 9.06. The van der Waals surface area contributed by atoms with E-state index in [0.29, 0.717) is 0 Å². The summed E-state index contributed by atoms with van der Waals surface area (Å²) >= 11 is 0. The van der Waals surface area contributed by atoms with Gasteiger partial charge in [-0.05, 0) is 42.2 Å². The molecule has 1 saturated carbocycles. The van der Waals surface area contributed by atoms with Crippen LogP contribution in [0.3, 0.4) is 0 Å². The summed E-state index contributed by atoms with van der Waals surface area (Å²) in [7, 11) is 0. The third-order valence-corrected chi connectivity index (χ3v) is 4.39. The zero-order valence-electron chi connectivity index (χ0n) is 11.6. The lowest BCUT2D eigenvalue weighted by Gasteiger charge is -2.12. The molecule has 0 radical (unpaired) electrons. The van der Waals surface area contributed by atoms with Crippen LogP contribution in [-0.2, 0) is 6.61 Å². The van der Waals surface area contributed by atoms with E-state index in [1.54, 1.807) is 0 Å². The standard InChI is InChI=1S/C17H26O/c1-2-3-4-5-14-6-11-17(12-14)16-9-7-15(13-18)8-10-16/h7-10,14,17-18H,2-6,11-13H2,1H3/t14?,17-/m0/s1. The Hall–Kier alpha value is -0.820. The van der Waals surface area contributed by atoms with Crippen molar-refractivity contribution in [1.82, 2.24) is 0 Å². The van der Waals surface area contributed by atoms with Gasteiger partial charge in [0.25, 0.3) is 0 Å². The Balaban J connectivity index is 1.83. The van der Waals surface area contributed by atoms with Crippen molar-refractivity contribution in [3.8, 4) is 0 Å². The van der Waals surface area contributed by atoms with Gasteiger partial charge < -0.3 is 5.11 Å². The van der Waals surface area contributed by atoms with Gasteiger partial charge in [0, 0.05) is 0 Å². The average Bonchev–Trinajstić information content (AvgIpc) is 2.88. The van der Waals surface area contributed by atoms with Crippen LogP contribution >= 0.6 is 0 Å². The molecular weight excluding hydrogens is 220 g/mol. The van der Waals surface area contributed by atoms with E-state index < -0.39 is 0 Å². The summed E-state index contributed by atoms with van der Waals surface area (Å²) in [6.07, 6.45) is 9.72. The van der Waals surface area contributed by atoms with Crippen LogP contribution in [0, 0.1) is 5.92 Å². The van der Waals surface area contributed by atoms with Gasteiger partial charge in [-0.1, -0.05) is 56.9 Å². The van der Waals surface area contributed by atoms with Crippen molar-refractivity contribution >= 4 is 0 Å². The predicted octanol–water partition coefficient (Wildman–Crippen LogP) is 4.64. The molecule has 0 bridgehead atoms. The average molecular weight is 246 g/mol. The molecule has 0 aromatic heterocycles. The molecular formula is C17H26O. The normalized spacial score (nSPS) is 23.4. The van der Waals surface area contributed by atoms with E-state index in [1.807, 2.05) is 0 Å². The van der Waals surface area contributed by atoms with Gasteiger partial charge in [0.15, 0.2) is 0 Å². The van der Waals surface area contributed by atoms with Gasteiger partial charge >= 0.3 is 0 Å². The van der Waals surface area contributed by atoms with Crippen LogP contribution in [0.15, 0.2) is 24.3 Å². The van der Waals surface area contributed by atoms with Crippen molar-refractivity contribution in [2.24, 2.45) is 5.92 Å². The van der Waals surface area contributed by atoms with Gasteiger partial charge in [0.2, 0.25) is 0 Å². The highest BCUT2D eigenvalue weighted by Crippen LogP contribution is 2.40. The lowest BCUT2D eigenvalue weighted by Crippen LogP contribution is -1.97. The van der Waals surface area contributed by atoms with Crippen molar-refractivity contribution in [2.45, 2.75) is 64.4 Å². The minimum atomic E-state index is 0.157. The molecule has 0 amide bonds. The van der Waals surface area contributed by atoms with Gasteiger partial charge in [0.1, 0.15) is 0 Å². The van der Waals surface area contributed by atoms with E-state index in [0.717, 1.165) is 17.4 Å². The second-order valence-corrected chi connectivity index (χ2v) is 5.77. The van der Waals surface area contributed by atoms with Crippen molar-refractivity contribution in [3.05, 3.63) is 35.4 Å². The molecule has 2 rings (SSSR count). The quantitative estimate of drug-likeness (QED) is 0.725. The van der Waals surface area contributed by atoms with E-state index in [-0.39, 0.29) is 6.61 Å². The Morgan fingerprint density at radius 1 is 1.11 bits per heavy atom. The fourth-order valence-electron chi connectivity index (χ4n) is 3.22. The molecule has 18 heavy (non-hydrogen) atoms. The Morgan fingerprint density at radius 3 is 2.56 bits per heavy atom. The van der Waals surface area contributed by atoms with E-state index in [4.69, 9.17) is 5.11 Å². The van der Waals surface area contributed by atoms with Crippen molar-refractivity contribution in [1.29, 1.82) is 0 Å². The Labute approximate surface area is 111 Å². The van der Waals surface area contributed by atoms with Gasteiger partial charge in [-0.25, -0.2) is 0 Å². The summed E-state index contributed by atoms with van der Waals surface area (Å²) in [6.45, 7) is 2.44. The van der Waals surface area contributed by atoms with Gasteiger partial charge in [-0.2, -0.15) is 0 Å². The van der Waals surface area contributed by atoms with Crippen LogP contribution in [0.4, 0.5) is 0 Å². The zero-order chi connectivity index (χ0) is 12.8. The molecule has 1 aliphatic rings. The first-order chi connectivity index (χ1) is 8.83. The van der Waals surface area contributed by atoms with Crippen LogP contribution in [0.5, 0.6) is 0 Å². The Kier molecular flexibility index (Phi) is 5.25. The highest BCUT2D eigenvalue weighted by Gasteiger charge is 2.25. The second kappa shape index (κ2) is 6.94. The smallest absolute Gasteiger partial charge is 0.0681 e. The summed E-state index contributed by atoms with van der Waals surface area (Å²) in [5, 5.41) is 9.06. The van der Waals surface area contributed by atoms with E-state index in [2.05, 4.69) is 31.2 Å². The highest BCUT2D eigenvalue weighted by atomic mass is 16.3. The molecule has 1 fully saturated rings. The van der Waals surface area contributed by atoms with E-state index in [1.165, 1.54) is 50.5 Å². The molecule has 0 aliphatic heterocycles. The summed E-state index contributed by atoms with van der Waals surface area (Å²) < 4.78 is 0. The molecule has 1 nitrogen and oxygen atoms in total. The van der Waals surface area contributed by atoms with Crippen molar-refractivity contribution < 1.29 is 5.11 Å². The topological polar surface area (TPSA) is 20.2 Å². The van der Waals surface area contributed by atoms with Crippen molar-refractivity contribution in [3.63, 3.8) is 0 Å². The number of hydrogen-bond donors (Lipinski definition) is 1. The lowest BCUT2D eigenvalue weighted by molar-refractivity contribution is 0.282. The van der Waals surface area contributed by atoms with Gasteiger partial charge in [-0.3, -0.25) is 0 Å². The third kappa shape index (κ3) is 3.58. The predicted molar refractivity (Wildman–Crippen MR) is 76.6 cm³/mol. The monoisotopic (exact) mass is 246 g/mol. The zero-order valence-corrected chi connectivity index (χ0v) is 11.6. The molecule has 0 heterocycles. The van der Waals surface area contributed by atoms with Crippen LogP contribution in [-0.4, -0.2) is 5.11 Å². The van der Waals surface area contributed by atoms with Crippen LogP contribution in [0.2, 0.25) is 0 Å². The van der Waals surface area contributed by atoms with Crippen LogP contribution in [0.1, 0.15) is 68.9 Å². The maximum Gasteiger partial charge on any atom is 0.0681 e. The third-order valence-electron chi connectivity index (χ3n) is 4.39. The molecule has 1 heteroatoms. The maximum absolute atomic E-state index is 9.06. The summed E-state index contributed by atoms with van der Waals surface area (Å²) in [5.74, 6) is 1.73. The number of benzene rings is 1. The second-order valence-electron chi connectivity index (χ2n) is 5.77. The summed E-state index contributed by atoms with van der Waals surface area (Å²) in [6, 6.07) is 8.56. The largest absolute Gasteiger partial charge is 0.392 e. The Morgan fingerprint density at radius 2 is 1.89 bits per heavy atom. The van der Waals surface area contributed by atoms with E-state index in [9.17, 15) is 0 Å². The molecule has 1 unspecified atom stereocenters. The number of aliphatic hydroxyl groups excluding tert-OH is 1. The summed E-state index contributed by atoms with van der Waals surface area (Å²) in [4.78, 5) is 0. The number of unbranched alkanes of at least 4 members (excludes halogenated alkanes) is 2. The fraction of sp³-hybridized carbons (Fsp3) is 0.647. The molecule has 2 atom stereocenters. The minimum Gasteiger partial charge on any atom is -0.392 e. The fourth-order valence-corrected chi connectivity index (χ4v) is 3.22. The molecule has 0 spiro atoms. The highest BCUT2D eigenvalue weighted by molar-refractivity contribution is 5.25. The van der Waals surface area contributed by atoms with Gasteiger partial charge in [0.05, 0.1) is 6.61 Å². The first kappa shape index (κ1) is 13.6. The molecule has 1 N–H and O–H groups in total. The number of hydrogen-bond acceptors (Lipinski definition) is 1. The lowest BCUT2D eigenvalue weighted by atomic mass is 9.94. The first-order valence-electron chi connectivity index (χ1n) is 7.53. The SMILES string of the molecule is CCCCCC1CC[C@H](c2ccc(CO)cc2)C1. The molecule has 1 aliphatic carbocycles. The number of rotatable bonds is 6. The van der Waals surface area contributed by atoms with Crippen molar-refractivity contribution in [2.75, 3.05) is 0 Å². The summed E-state index contributed by atoms with van der Waals surface area (Å²) in [5.41, 5.74) is 2.50. The van der Waals surface area contributed by atoms with E-state index >= 15 is 0 Å².